The zero-order valence-electron chi connectivity index (χ0n) is 8.82. The predicted octanol–water partition coefficient (Wildman–Crippen LogP) is 4.02. The van der Waals surface area contributed by atoms with Gasteiger partial charge in [-0.2, -0.15) is 0 Å². The molecule has 0 heterocycles. The van der Waals surface area contributed by atoms with Crippen molar-refractivity contribution in [1.29, 1.82) is 0 Å². The molecule has 0 saturated heterocycles. The maximum Gasteiger partial charge on any atom is 0.0631 e. The van der Waals surface area contributed by atoms with Crippen LogP contribution in [0.5, 0.6) is 0 Å². The Hall–Kier alpha value is -0.0400. The SMILES string of the molecule is C.CCC(C)(C)OC(C)(C)CC. The van der Waals surface area contributed by atoms with E-state index in [0.29, 0.717) is 0 Å². The summed E-state index contributed by atoms with van der Waals surface area (Å²) in [6, 6.07) is 0. The van der Waals surface area contributed by atoms with Crippen LogP contribution in [-0.2, 0) is 4.74 Å². The molecule has 0 N–H and O–H groups in total. The molecule has 12 heavy (non-hydrogen) atoms. The van der Waals surface area contributed by atoms with E-state index in [1.165, 1.54) is 0 Å². The average Bonchev–Trinajstić information content (AvgIpc) is 1.86. The minimum atomic E-state index is 0. The molecule has 0 bridgehead atoms. The van der Waals surface area contributed by atoms with Gasteiger partial charge in [-0.15, -0.1) is 0 Å². The van der Waals surface area contributed by atoms with Crippen LogP contribution in [0.3, 0.4) is 0 Å². The Labute approximate surface area is 78.5 Å². The van der Waals surface area contributed by atoms with Crippen molar-refractivity contribution in [3.8, 4) is 0 Å². The van der Waals surface area contributed by atoms with Gasteiger partial charge >= 0.3 is 0 Å². The summed E-state index contributed by atoms with van der Waals surface area (Å²) in [6.45, 7) is 12.9. The van der Waals surface area contributed by atoms with Crippen molar-refractivity contribution in [2.24, 2.45) is 0 Å². The minimum absolute atomic E-state index is 0. The van der Waals surface area contributed by atoms with E-state index in [4.69, 9.17) is 4.74 Å². The predicted molar refractivity (Wildman–Crippen MR) is 56.6 cm³/mol. The Morgan fingerprint density at radius 3 is 1.25 bits per heavy atom. The van der Waals surface area contributed by atoms with Gasteiger partial charge < -0.3 is 4.74 Å². The van der Waals surface area contributed by atoms with Gasteiger partial charge in [0.05, 0.1) is 11.2 Å². The van der Waals surface area contributed by atoms with Crippen molar-refractivity contribution in [2.75, 3.05) is 0 Å². The lowest BCUT2D eigenvalue weighted by atomic mass is 10.0. The highest BCUT2D eigenvalue weighted by Crippen LogP contribution is 2.24. The highest BCUT2D eigenvalue weighted by molar-refractivity contribution is 4.74. The van der Waals surface area contributed by atoms with Crippen LogP contribution in [0.25, 0.3) is 0 Å². The van der Waals surface area contributed by atoms with Crippen molar-refractivity contribution >= 4 is 0 Å². The molecule has 0 saturated carbocycles. The molecule has 1 nitrogen and oxygen atoms in total. The van der Waals surface area contributed by atoms with E-state index in [9.17, 15) is 0 Å². The number of hydrogen-bond acceptors (Lipinski definition) is 1. The maximum atomic E-state index is 5.92. The molecule has 0 aliphatic heterocycles. The fraction of sp³-hybridized carbons (Fsp3) is 1.00. The van der Waals surface area contributed by atoms with Crippen LogP contribution in [0.1, 0.15) is 61.8 Å². The summed E-state index contributed by atoms with van der Waals surface area (Å²) in [5.41, 5.74) is 0.0546. The highest BCUT2D eigenvalue weighted by atomic mass is 16.5. The monoisotopic (exact) mass is 174 g/mol. The summed E-state index contributed by atoms with van der Waals surface area (Å²) < 4.78 is 5.92. The molecule has 0 rings (SSSR count). The molecule has 0 amide bonds. The molecule has 0 aromatic heterocycles. The quantitative estimate of drug-likeness (QED) is 0.625. The zero-order valence-corrected chi connectivity index (χ0v) is 8.82. The standard InChI is InChI=1S/C10H22O.CH4/c1-7-9(3,4)11-10(5,6)8-2;/h7-8H2,1-6H3;1H4. The Balaban J connectivity index is 0. The van der Waals surface area contributed by atoms with E-state index < -0.39 is 0 Å². The molecule has 0 unspecified atom stereocenters. The fourth-order valence-electron chi connectivity index (χ4n) is 0.892. The lowest BCUT2D eigenvalue weighted by molar-refractivity contribution is -0.124. The van der Waals surface area contributed by atoms with Crippen LogP contribution in [0.15, 0.2) is 0 Å². The van der Waals surface area contributed by atoms with E-state index in [0.717, 1.165) is 12.8 Å². The fourth-order valence-corrected chi connectivity index (χ4v) is 0.892. The number of hydrogen-bond donors (Lipinski definition) is 0. The third-order valence-corrected chi connectivity index (χ3v) is 2.26. The minimum Gasteiger partial charge on any atom is -0.370 e. The first kappa shape index (κ1) is 14.5. The van der Waals surface area contributed by atoms with E-state index >= 15 is 0 Å². The van der Waals surface area contributed by atoms with Gasteiger partial charge in [0.25, 0.3) is 0 Å². The van der Waals surface area contributed by atoms with Crippen molar-refractivity contribution in [2.45, 2.75) is 73.0 Å². The van der Waals surface area contributed by atoms with E-state index in [1.54, 1.807) is 0 Å². The molecular weight excluding hydrogens is 148 g/mol. The summed E-state index contributed by atoms with van der Waals surface area (Å²) in [6.07, 6.45) is 2.13. The second-order valence-electron chi connectivity index (χ2n) is 4.33. The third-order valence-electron chi connectivity index (χ3n) is 2.26. The van der Waals surface area contributed by atoms with Crippen molar-refractivity contribution in [3.05, 3.63) is 0 Å². The molecule has 0 aliphatic carbocycles. The molecule has 0 atom stereocenters. The van der Waals surface area contributed by atoms with Gasteiger partial charge in [-0.25, -0.2) is 0 Å². The molecule has 1 heteroatoms. The smallest absolute Gasteiger partial charge is 0.0631 e. The van der Waals surface area contributed by atoms with Gasteiger partial charge in [-0.1, -0.05) is 21.3 Å². The third kappa shape index (κ3) is 5.59. The summed E-state index contributed by atoms with van der Waals surface area (Å²) in [4.78, 5) is 0. The molecule has 76 valence electrons. The molecule has 0 spiro atoms. The Morgan fingerprint density at radius 2 is 1.08 bits per heavy atom. The second kappa shape index (κ2) is 4.86. The first-order valence-corrected chi connectivity index (χ1v) is 4.53. The summed E-state index contributed by atoms with van der Waals surface area (Å²) >= 11 is 0. The summed E-state index contributed by atoms with van der Waals surface area (Å²) in [5, 5.41) is 0. The Kier molecular flexibility index (Phi) is 5.86. The first-order chi connectivity index (χ1) is 4.83. The van der Waals surface area contributed by atoms with Crippen LogP contribution in [0.4, 0.5) is 0 Å². The van der Waals surface area contributed by atoms with Gasteiger partial charge in [-0.3, -0.25) is 0 Å². The lowest BCUT2D eigenvalue weighted by Crippen LogP contribution is -2.35. The van der Waals surface area contributed by atoms with E-state index in [1.807, 2.05) is 0 Å². The molecule has 0 fully saturated rings. The van der Waals surface area contributed by atoms with Gasteiger partial charge in [0.2, 0.25) is 0 Å². The molecule has 0 radical (unpaired) electrons. The molecule has 0 aliphatic rings. The topological polar surface area (TPSA) is 9.23 Å². The largest absolute Gasteiger partial charge is 0.370 e. The van der Waals surface area contributed by atoms with Gasteiger partial charge in [-0.05, 0) is 40.5 Å². The van der Waals surface area contributed by atoms with Crippen LogP contribution >= 0.6 is 0 Å². The Morgan fingerprint density at radius 1 is 0.833 bits per heavy atom. The summed E-state index contributed by atoms with van der Waals surface area (Å²) in [7, 11) is 0. The molecule has 0 aromatic rings. The van der Waals surface area contributed by atoms with Gasteiger partial charge in [0.1, 0.15) is 0 Å². The average molecular weight is 174 g/mol. The number of ether oxygens (including phenoxy) is 1. The molecule has 0 aromatic carbocycles. The van der Waals surface area contributed by atoms with Crippen molar-refractivity contribution in [3.63, 3.8) is 0 Å². The van der Waals surface area contributed by atoms with E-state index in [2.05, 4.69) is 41.5 Å². The zero-order chi connectivity index (χ0) is 9.12. The van der Waals surface area contributed by atoms with Crippen molar-refractivity contribution in [1.82, 2.24) is 0 Å². The van der Waals surface area contributed by atoms with Crippen LogP contribution in [-0.4, -0.2) is 11.2 Å². The van der Waals surface area contributed by atoms with E-state index in [-0.39, 0.29) is 18.6 Å². The van der Waals surface area contributed by atoms with Gasteiger partial charge in [0, 0.05) is 0 Å². The maximum absolute atomic E-state index is 5.92. The van der Waals surface area contributed by atoms with Crippen LogP contribution in [0.2, 0.25) is 0 Å². The normalized spacial score (nSPS) is 12.5. The number of rotatable bonds is 4. The van der Waals surface area contributed by atoms with Crippen molar-refractivity contribution < 1.29 is 4.74 Å². The molecular formula is C11H26O. The Bertz CT molecular complexity index is 100. The van der Waals surface area contributed by atoms with Gasteiger partial charge in [0.15, 0.2) is 0 Å². The highest BCUT2D eigenvalue weighted by Gasteiger charge is 2.25. The first-order valence-electron chi connectivity index (χ1n) is 4.53. The van der Waals surface area contributed by atoms with Crippen LogP contribution in [0, 0.1) is 0 Å². The summed E-state index contributed by atoms with van der Waals surface area (Å²) in [5.74, 6) is 0. The lowest BCUT2D eigenvalue weighted by Gasteiger charge is -2.34. The second-order valence-corrected chi connectivity index (χ2v) is 4.33. The van der Waals surface area contributed by atoms with Crippen LogP contribution < -0.4 is 0 Å².